The van der Waals surface area contributed by atoms with Gasteiger partial charge in [-0.3, -0.25) is 14.5 Å². The van der Waals surface area contributed by atoms with E-state index in [9.17, 15) is 19.7 Å². The number of fused-ring (bicyclic) bond motifs is 4. The van der Waals surface area contributed by atoms with Gasteiger partial charge in [0.15, 0.2) is 0 Å². The van der Waals surface area contributed by atoms with Crippen LogP contribution in [0.25, 0.3) is 22.4 Å². The largest absolute Gasteiger partial charge is 0.507 e. The summed E-state index contributed by atoms with van der Waals surface area (Å²) >= 11 is 1.55. The van der Waals surface area contributed by atoms with Gasteiger partial charge in [0.05, 0.1) is 24.5 Å². The molecule has 3 aliphatic rings. The van der Waals surface area contributed by atoms with Crippen molar-refractivity contribution in [2.24, 2.45) is 23.7 Å². The van der Waals surface area contributed by atoms with Crippen molar-refractivity contribution in [2.45, 2.75) is 52.1 Å². The van der Waals surface area contributed by atoms with Crippen LogP contribution >= 0.6 is 11.3 Å². The highest BCUT2D eigenvalue weighted by Crippen LogP contribution is 2.52. The van der Waals surface area contributed by atoms with Gasteiger partial charge in [-0.25, -0.2) is 0 Å². The highest BCUT2D eigenvalue weighted by molar-refractivity contribution is 7.09. The fourth-order valence-electron chi connectivity index (χ4n) is 7.89. The van der Waals surface area contributed by atoms with Crippen LogP contribution < -0.4 is 0 Å². The van der Waals surface area contributed by atoms with Crippen molar-refractivity contribution < 1.29 is 24.4 Å². The van der Waals surface area contributed by atoms with E-state index in [-0.39, 0.29) is 35.5 Å². The fourth-order valence-corrected chi connectivity index (χ4v) is 8.58. The number of thiophene rings is 1. The second-order valence-corrected chi connectivity index (χ2v) is 14.1. The number of carbonyl (C=O) groups excluding carboxylic acids is 2. The lowest BCUT2D eigenvalue weighted by atomic mass is 9.57. The molecule has 2 fully saturated rings. The van der Waals surface area contributed by atoms with E-state index in [1.165, 1.54) is 10.5 Å². The Labute approximate surface area is 274 Å². The number of likely N-dealkylation sites (tertiary alicyclic amines) is 1. The summed E-state index contributed by atoms with van der Waals surface area (Å²) in [6.45, 7) is 4.61. The first-order valence-electron chi connectivity index (χ1n) is 16.2. The quantitative estimate of drug-likeness (QED) is 0.0907. The first-order valence-corrected chi connectivity index (χ1v) is 17.1. The minimum Gasteiger partial charge on any atom is -0.507 e. The standard InChI is InChI=1S/C38H38BNO5S/c1-23(2)30-20-31-36(38(43)40(37(31)42)22-27-11-8-18-46-27)32-21-39(44)45-34(35(30)32)17-15-25(24-9-4-3-5-10-24)19-26-14-16-33(41)29-13-7-6-12-28(26)29/h3-14,16,18-19,23,31-32,34,36,41,44H,15,17,20-22H2,1-2H3/b25-19-/t31-,32+,34-,36-/m1/s1. The molecule has 4 aromatic rings. The number of imide groups is 1. The number of carbonyl (C=O) groups is 2. The molecule has 2 aliphatic heterocycles. The molecule has 3 aromatic carbocycles. The molecule has 4 atom stereocenters. The maximum atomic E-state index is 13.9. The number of nitrogens with zero attached hydrogens (tertiary/aromatic N) is 1. The third-order valence-corrected chi connectivity index (χ3v) is 10.9. The van der Waals surface area contributed by atoms with Gasteiger partial charge in [-0.1, -0.05) is 92.2 Å². The zero-order valence-electron chi connectivity index (χ0n) is 26.1. The fraction of sp³-hybridized carbons (Fsp3) is 0.316. The van der Waals surface area contributed by atoms with Crippen LogP contribution in [0.1, 0.15) is 49.1 Å². The lowest BCUT2D eigenvalue weighted by Gasteiger charge is -2.44. The van der Waals surface area contributed by atoms with E-state index in [0.29, 0.717) is 32.1 Å². The minimum atomic E-state index is -1.01. The smallest absolute Gasteiger partial charge is 0.455 e. The molecule has 1 aliphatic carbocycles. The van der Waals surface area contributed by atoms with Crippen LogP contribution in [0.15, 0.2) is 95.4 Å². The molecule has 46 heavy (non-hydrogen) atoms. The Hall–Kier alpha value is -3.98. The van der Waals surface area contributed by atoms with Gasteiger partial charge in [0.25, 0.3) is 0 Å². The van der Waals surface area contributed by atoms with E-state index >= 15 is 0 Å². The number of phenolic OH excluding ortho intramolecular Hbond substituents is 1. The summed E-state index contributed by atoms with van der Waals surface area (Å²) in [7, 11) is -1.01. The van der Waals surface area contributed by atoms with E-state index in [4.69, 9.17) is 4.65 Å². The van der Waals surface area contributed by atoms with Gasteiger partial charge in [0, 0.05) is 10.3 Å². The van der Waals surface area contributed by atoms with Crippen molar-refractivity contribution in [1.29, 1.82) is 0 Å². The SMILES string of the molecule is CC(C)C1=C2[C@@H](CC/C(=C/c3ccc(O)c4ccccc34)c3ccccc3)OB(O)C[C@@H]2[C@@H]2C(=O)N(Cc3cccs3)C(=O)[C@@H]2C1. The molecule has 0 unspecified atom stereocenters. The van der Waals surface area contributed by atoms with Crippen LogP contribution in [0.5, 0.6) is 5.75 Å². The summed E-state index contributed by atoms with van der Waals surface area (Å²) in [6, 6.07) is 25.7. The van der Waals surface area contributed by atoms with Crippen LogP contribution in [0.2, 0.25) is 6.32 Å². The number of hydrogen-bond donors (Lipinski definition) is 2. The van der Waals surface area contributed by atoms with Crippen LogP contribution in [0.4, 0.5) is 0 Å². The van der Waals surface area contributed by atoms with Crippen molar-refractivity contribution in [1.82, 2.24) is 4.90 Å². The van der Waals surface area contributed by atoms with Crippen molar-refractivity contribution >= 4 is 52.7 Å². The first kappa shape index (κ1) is 30.7. The van der Waals surface area contributed by atoms with E-state index in [1.807, 2.05) is 66.0 Å². The van der Waals surface area contributed by atoms with Crippen molar-refractivity contribution in [3.63, 3.8) is 0 Å². The molecule has 2 amide bonds. The molecule has 6 nitrogen and oxygen atoms in total. The molecular formula is C38H38BNO5S. The summed E-state index contributed by atoms with van der Waals surface area (Å²) in [5.41, 5.74) is 5.53. The van der Waals surface area contributed by atoms with Gasteiger partial charge < -0.3 is 14.8 Å². The Morgan fingerprint density at radius 1 is 0.978 bits per heavy atom. The first-order chi connectivity index (χ1) is 22.3. The molecule has 2 N–H and O–H groups in total. The Kier molecular flexibility index (Phi) is 8.45. The molecule has 1 aromatic heterocycles. The van der Waals surface area contributed by atoms with Crippen molar-refractivity contribution in [2.75, 3.05) is 0 Å². The Bertz CT molecular complexity index is 1830. The maximum absolute atomic E-state index is 13.9. The van der Waals surface area contributed by atoms with Crippen LogP contribution in [-0.4, -0.2) is 40.1 Å². The summed E-state index contributed by atoms with van der Waals surface area (Å²) in [6.07, 6.45) is 3.97. The molecule has 7 rings (SSSR count). The van der Waals surface area contributed by atoms with Crippen LogP contribution in [0, 0.1) is 23.7 Å². The van der Waals surface area contributed by atoms with Gasteiger partial charge in [-0.2, -0.15) is 0 Å². The average Bonchev–Trinajstić information content (AvgIpc) is 3.66. The third kappa shape index (κ3) is 5.63. The van der Waals surface area contributed by atoms with Crippen molar-refractivity contribution in [3.05, 3.63) is 111 Å². The number of allylic oxidation sites excluding steroid dienone is 2. The molecule has 8 heteroatoms. The van der Waals surface area contributed by atoms with E-state index in [1.54, 1.807) is 17.4 Å². The number of aromatic hydroxyl groups is 1. The summed E-state index contributed by atoms with van der Waals surface area (Å²) in [5.74, 6) is -0.881. The number of rotatable bonds is 8. The molecule has 0 saturated carbocycles. The van der Waals surface area contributed by atoms with Gasteiger partial charge in [-0.15, -0.1) is 11.3 Å². The van der Waals surface area contributed by atoms with E-state index in [0.717, 1.165) is 37.9 Å². The highest BCUT2D eigenvalue weighted by atomic mass is 32.1. The maximum Gasteiger partial charge on any atom is 0.455 e. The monoisotopic (exact) mass is 631 g/mol. The average molecular weight is 632 g/mol. The lowest BCUT2D eigenvalue weighted by Crippen LogP contribution is -2.46. The van der Waals surface area contributed by atoms with Crippen LogP contribution in [0.3, 0.4) is 0 Å². The number of benzene rings is 3. The molecule has 234 valence electrons. The number of phenols is 1. The van der Waals surface area contributed by atoms with Gasteiger partial charge >= 0.3 is 7.12 Å². The second-order valence-electron chi connectivity index (χ2n) is 13.0. The summed E-state index contributed by atoms with van der Waals surface area (Å²) in [4.78, 5) is 30.1. The lowest BCUT2D eigenvalue weighted by molar-refractivity contribution is -0.140. The van der Waals surface area contributed by atoms with Crippen molar-refractivity contribution in [3.8, 4) is 5.75 Å². The number of hydrogen-bond acceptors (Lipinski definition) is 6. The molecule has 0 bridgehead atoms. The van der Waals surface area contributed by atoms with Gasteiger partial charge in [0.2, 0.25) is 11.8 Å². The van der Waals surface area contributed by atoms with Gasteiger partial charge in [0.1, 0.15) is 5.75 Å². The third-order valence-electron chi connectivity index (χ3n) is 10.0. The highest BCUT2D eigenvalue weighted by Gasteiger charge is 2.57. The minimum absolute atomic E-state index is 0.0893. The predicted octanol–water partition coefficient (Wildman–Crippen LogP) is 7.58. The zero-order valence-corrected chi connectivity index (χ0v) is 27.0. The Balaban J connectivity index is 1.23. The predicted molar refractivity (Wildman–Crippen MR) is 184 cm³/mol. The van der Waals surface area contributed by atoms with Crippen LogP contribution in [-0.2, 0) is 20.8 Å². The summed E-state index contributed by atoms with van der Waals surface area (Å²) < 4.78 is 6.31. The van der Waals surface area contributed by atoms with Gasteiger partial charge in [-0.05, 0) is 82.6 Å². The zero-order chi connectivity index (χ0) is 31.9. The Morgan fingerprint density at radius 3 is 2.48 bits per heavy atom. The Morgan fingerprint density at radius 2 is 1.74 bits per heavy atom. The molecule has 3 heterocycles. The summed E-state index contributed by atoms with van der Waals surface area (Å²) in [5, 5.41) is 25.3. The number of amides is 2. The molecular weight excluding hydrogens is 593 g/mol. The second kappa shape index (κ2) is 12.7. The van der Waals surface area contributed by atoms with E-state index in [2.05, 4.69) is 32.1 Å². The molecule has 0 radical (unpaired) electrons. The topological polar surface area (TPSA) is 87.1 Å². The normalized spacial score (nSPS) is 23.4. The molecule has 0 spiro atoms. The van der Waals surface area contributed by atoms with E-state index < -0.39 is 19.0 Å². The molecule has 2 saturated heterocycles.